The molecule has 0 unspecified atom stereocenters. The second-order valence-corrected chi connectivity index (χ2v) is 6.30. The lowest BCUT2D eigenvalue weighted by molar-refractivity contribution is 0.0950. The van der Waals surface area contributed by atoms with Gasteiger partial charge in [0.25, 0.3) is 5.91 Å². The highest BCUT2D eigenvalue weighted by atomic mass is 16.5. The van der Waals surface area contributed by atoms with Crippen molar-refractivity contribution in [3.63, 3.8) is 0 Å². The molecule has 1 saturated heterocycles. The van der Waals surface area contributed by atoms with Crippen molar-refractivity contribution in [3.05, 3.63) is 54.5 Å². The van der Waals surface area contributed by atoms with Gasteiger partial charge in [-0.3, -0.25) is 4.79 Å². The summed E-state index contributed by atoms with van der Waals surface area (Å²) in [4.78, 5) is 16.6. The number of hydrogen-bond donors (Lipinski definition) is 1. The van der Waals surface area contributed by atoms with E-state index in [2.05, 4.69) is 15.4 Å². The molecule has 2 aromatic heterocycles. The number of amides is 1. The molecule has 128 valence electrons. The quantitative estimate of drug-likeness (QED) is 0.777. The minimum absolute atomic E-state index is 0.0385. The molecule has 1 aromatic carbocycles. The Morgan fingerprint density at radius 2 is 2.20 bits per heavy atom. The number of carbonyl (C=O) groups excluding carboxylic acids is 1. The highest BCUT2D eigenvalue weighted by Crippen LogP contribution is 2.23. The van der Waals surface area contributed by atoms with Crippen molar-refractivity contribution in [1.29, 1.82) is 0 Å². The number of carbonyl (C=O) groups is 1. The van der Waals surface area contributed by atoms with Crippen molar-refractivity contribution in [2.24, 2.45) is 5.92 Å². The molecule has 1 aliphatic heterocycles. The molecule has 6 heteroatoms. The van der Waals surface area contributed by atoms with Crippen molar-refractivity contribution >= 4 is 11.6 Å². The van der Waals surface area contributed by atoms with Crippen LogP contribution in [0.2, 0.25) is 0 Å². The van der Waals surface area contributed by atoms with Crippen LogP contribution in [-0.2, 0) is 4.74 Å². The smallest absolute Gasteiger partial charge is 0.251 e. The van der Waals surface area contributed by atoms with Crippen LogP contribution in [0.25, 0.3) is 16.8 Å². The summed E-state index contributed by atoms with van der Waals surface area (Å²) in [6, 6.07) is 9.40. The van der Waals surface area contributed by atoms with Crippen molar-refractivity contribution in [2.45, 2.75) is 12.8 Å². The lowest BCUT2D eigenvalue weighted by Gasteiger charge is -2.09. The maximum Gasteiger partial charge on any atom is 0.251 e. The van der Waals surface area contributed by atoms with E-state index in [0.717, 1.165) is 42.8 Å². The number of nitrogens with one attached hydrogen (secondary N) is 1. The number of hydrogen-bond acceptors (Lipinski definition) is 4. The summed E-state index contributed by atoms with van der Waals surface area (Å²) >= 11 is 0. The molecule has 0 spiro atoms. The monoisotopic (exact) mass is 336 g/mol. The van der Waals surface area contributed by atoms with E-state index in [1.807, 2.05) is 36.5 Å². The number of ether oxygens (including phenoxy) is 1. The van der Waals surface area contributed by atoms with E-state index in [9.17, 15) is 4.79 Å². The van der Waals surface area contributed by atoms with Gasteiger partial charge in [0.05, 0.1) is 6.20 Å². The second-order valence-electron chi connectivity index (χ2n) is 6.30. The lowest BCUT2D eigenvalue weighted by atomic mass is 10.0. The highest BCUT2D eigenvalue weighted by Gasteiger charge is 2.15. The number of rotatable bonds is 5. The Hall–Kier alpha value is -2.73. The van der Waals surface area contributed by atoms with Crippen LogP contribution in [0.15, 0.2) is 48.9 Å². The molecule has 3 aromatic rings. The molecule has 1 fully saturated rings. The Balaban J connectivity index is 1.41. The summed E-state index contributed by atoms with van der Waals surface area (Å²) in [5.41, 5.74) is 3.41. The fourth-order valence-corrected chi connectivity index (χ4v) is 3.13. The van der Waals surface area contributed by atoms with Crippen LogP contribution >= 0.6 is 0 Å². The normalized spacial score (nSPS) is 17.0. The minimum Gasteiger partial charge on any atom is -0.381 e. The molecule has 3 heterocycles. The third-order valence-corrected chi connectivity index (χ3v) is 4.60. The zero-order chi connectivity index (χ0) is 17.1. The molecule has 0 aliphatic carbocycles. The number of fused-ring (bicyclic) bond motifs is 1. The Bertz CT molecular complexity index is 867. The maximum atomic E-state index is 12.3. The van der Waals surface area contributed by atoms with Gasteiger partial charge in [-0.2, -0.15) is 5.10 Å². The van der Waals surface area contributed by atoms with Gasteiger partial charge in [-0.1, -0.05) is 12.1 Å². The SMILES string of the molecule is O=C(NCC[C@@H]1CCOC1)c1ccc(-c2cnn3cccnc23)cc1. The van der Waals surface area contributed by atoms with Crippen LogP contribution < -0.4 is 5.32 Å². The third-order valence-electron chi connectivity index (χ3n) is 4.60. The van der Waals surface area contributed by atoms with Gasteiger partial charge in [-0.25, -0.2) is 9.50 Å². The molecule has 1 atom stereocenters. The molecule has 0 bridgehead atoms. The van der Waals surface area contributed by atoms with E-state index < -0.39 is 0 Å². The molecule has 0 radical (unpaired) electrons. The molecular weight excluding hydrogens is 316 g/mol. The van der Waals surface area contributed by atoms with Crippen LogP contribution in [0.1, 0.15) is 23.2 Å². The summed E-state index contributed by atoms with van der Waals surface area (Å²) in [6.07, 6.45) is 7.47. The van der Waals surface area contributed by atoms with E-state index >= 15 is 0 Å². The van der Waals surface area contributed by atoms with Crippen molar-refractivity contribution in [2.75, 3.05) is 19.8 Å². The van der Waals surface area contributed by atoms with E-state index in [4.69, 9.17) is 4.74 Å². The van der Waals surface area contributed by atoms with Crippen LogP contribution in [0.3, 0.4) is 0 Å². The van der Waals surface area contributed by atoms with Crippen LogP contribution in [-0.4, -0.2) is 40.3 Å². The fourth-order valence-electron chi connectivity index (χ4n) is 3.13. The van der Waals surface area contributed by atoms with E-state index in [-0.39, 0.29) is 5.91 Å². The van der Waals surface area contributed by atoms with Gasteiger partial charge >= 0.3 is 0 Å². The third kappa shape index (κ3) is 3.39. The molecule has 1 aliphatic rings. The Labute approximate surface area is 145 Å². The van der Waals surface area contributed by atoms with Gasteiger partial charge in [0.2, 0.25) is 0 Å². The average molecular weight is 336 g/mol. The van der Waals surface area contributed by atoms with Gasteiger partial charge in [0.1, 0.15) is 0 Å². The van der Waals surface area contributed by atoms with Gasteiger partial charge in [-0.15, -0.1) is 0 Å². The van der Waals surface area contributed by atoms with E-state index in [0.29, 0.717) is 18.0 Å². The largest absolute Gasteiger partial charge is 0.381 e. The molecule has 0 saturated carbocycles. The fraction of sp³-hybridized carbons (Fsp3) is 0.316. The first-order valence-electron chi connectivity index (χ1n) is 8.56. The van der Waals surface area contributed by atoms with Crippen LogP contribution in [0, 0.1) is 5.92 Å². The first kappa shape index (κ1) is 15.8. The first-order valence-corrected chi connectivity index (χ1v) is 8.56. The summed E-state index contributed by atoms with van der Waals surface area (Å²) in [5, 5.41) is 7.28. The van der Waals surface area contributed by atoms with E-state index in [1.54, 1.807) is 16.9 Å². The Kier molecular flexibility index (Phi) is 4.43. The molecule has 4 rings (SSSR count). The summed E-state index contributed by atoms with van der Waals surface area (Å²) in [7, 11) is 0. The van der Waals surface area contributed by atoms with Crippen LogP contribution in [0.5, 0.6) is 0 Å². The first-order chi connectivity index (χ1) is 12.3. The lowest BCUT2D eigenvalue weighted by Crippen LogP contribution is -2.26. The number of aromatic nitrogens is 3. The van der Waals surface area contributed by atoms with Gasteiger partial charge in [0.15, 0.2) is 5.65 Å². The molecule has 1 amide bonds. The van der Waals surface area contributed by atoms with Crippen molar-refractivity contribution in [1.82, 2.24) is 19.9 Å². The highest BCUT2D eigenvalue weighted by molar-refractivity contribution is 5.94. The standard InChI is InChI=1S/C19H20N4O2/c24-19(21-9-6-14-7-11-25-13-14)16-4-2-15(3-5-16)17-12-22-23-10-1-8-20-18(17)23/h1-5,8,10,12,14H,6-7,9,11,13H2,(H,21,24)/t14-/m1/s1. The van der Waals surface area contributed by atoms with Crippen molar-refractivity contribution in [3.8, 4) is 11.1 Å². The second kappa shape index (κ2) is 7.03. The predicted molar refractivity (Wildman–Crippen MR) is 94.3 cm³/mol. The molecule has 25 heavy (non-hydrogen) atoms. The molecule has 1 N–H and O–H groups in total. The number of nitrogens with zero attached hydrogens (tertiary/aromatic N) is 3. The summed E-state index contributed by atoms with van der Waals surface area (Å²) in [5.74, 6) is 0.536. The zero-order valence-electron chi connectivity index (χ0n) is 13.9. The van der Waals surface area contributed by atoms with Crippen molar-refractivity contribution < 1.29 is 9.53 Å². The molecule has 6 nitrogen and oxygen atoms in total. The van der Waals surface area contributed by atoms with Gasteiger partial charge < -0.3 is 10.1 Å². The topological polar surface area (TPSA) is 68.5 Å². The molecular formula is C19H20N4O2. The number of benzene rings is 1. The van der Waals surface area contributed by atoms with Gasteiger partial charge in [-0.05, 0) is 42.5 Å². The van der Waals surface area contributed by atoms with E-state index in [1.165, 1.54) is 0 Å². The zero-order valence-corrected chi connectivity index (χ0v) is 13.9. The summed E-state index contributed by atoms with van der Waals surface area (Å²) < 4.78 is 7.09. The minimum atomic E-state index is -0.0385. The van der Waals surface area contributed by atoms with Gasteiger partial charge in [0, 0.05) is 43.3 Å². The Morgan fingerprint density at radius 3 is 3.00 bits per heavy atom. The summed E-state index contributed by atoms with van der Waals surface area (Å²) in [6.45, 7) is 2.35. The van der Waals surface area contributed by atoms with Crippen LogP contribution in [0.4, 0.5) is 0 Å². The average Bonchev–Trinajstić information content (AvgIpc) is 3.31. The Morgan fingerprint density at radius 1 is 1.32 bits per heavy atom. The predicted octanol–water partition coefficient (Wildman–Crippen LogP) is 2.55. The maximum absolute atomic E-state index is 12.3.